The third-order valence-corrected chi connectivity index (χ3v) is 3.97. The zero-order valence-electron chi connectivity index (χ0n) is 11.2. The van der Waals surface area contributed by atoms with E-state index in [1.54, 1.807) is 11.6 Å². The third kappa shape index (κ3) is 4.05. The maximum atomic E-state index is 11.7. The zero-order valence-corrected chi connectivity index (χ0v) is 13.6. The van der Waals surface area contributed by atoms with Crippen molar-refractivity contribution in [1.82, 2.24) is 4.98 Å². The van der Waals surface area contributed by atoms with E-state index < -0.39 is 0 Å². The molecule has 2 rings (SSSR count). The molecular formula is C14H15BrN2O2S. The van der Waals surface area contributed by atoms with Crippen molar-refractivity contribution < 1.29 is 9.53 Å². The first kappa shape index (κ1) is 15.0. The molecule has 0 saturated heterocycles. The number of thiazole rings is 1. The molecule has 0 aliphatic rings. The van der Waals surface area contributed by atoms with Crippen molar-refractivity contribution in [2.75, 3.05) is 11.9 Å². The number of rotatable bonds is 5. The van der Waals surface area contributed by atoms with Gasteiger partial charge in [-0.25, -0.2) is 4.98 Å². The highest BCUT2D eigenvalue weighted by Crippen LogP contribution is 2.28. The van der Waals surface area contributed by atoms with Gasteiger partial charge < -0.3 is 4.74 Å². The second-order valence-corrected chi connectivity index (χ2v) is 6.27. The van der Waals surface area contributed by atoms with Gasteiger partial charge in [0.05, 0.1) is 4.47 Å². The maximum Gasteiger partial charge on any atom is 0.264 e. The van der Waals surface area contributed by atoms with Crippen molar-refractivity contribution in [2.45, 2.75) is 19.8 Å². The number of halogens is 1. The van der Waals surface area contributed by atoms with Gasteiger partial charge >= 0.3 is 0 Å². The van der Waals surface area contributed by atoms with Gasteiger partial charge in [0.15, 0.2) is 11.7 Å². The molecule has 0 saturated carbocycles. The van der Waals surface area contributed by atoms with Gasteiger partial charge in [0.2, 0.25) is 0 Å². The molecule has 0 bridgehead atoms. The first-order valence-corrected chi connectivity index (χ1v) is 7.85. The Morgan fingerprint density at radius 1 is 1.50 bits per heavy atom. The van der Waals surface area contributed by atoms with E-state index in [1.165, 1.54) is 16.9 Å². The van der Waals surface area contributed by atoms with Crippen LogP contribution >= 0.6 is 27.3 Å². The number of amides is 1. The molecule has 0 aliphatic heterocycles. The summed E-state index contributed by atoms with van der Waals surface area (Å²) in [5.74, 6) is 0.886. The molecule has 1 N–H and O–H groups in total. The number of carbonyl (C=O) groups excluding carboxylic acids is 1. The minimum atomic E-state index is -0.222. The van der Waals surface area contributed by atoms with Crippen LogP contribution < -0.4 is 10.1 Å². The van der Waals surface area contributed by atoms with E-state index in [2.05, 4.69) is 40.1 Å². The van der Waals surface area contributed by atoms with E-state index >= 15 is 0 Å². The van der Waals surface area contributed by atoms with Crippen LogP contribution in [0.4, 0.5) is 5.13 Å². The highest BCUT2D eigenvalue weighted by Gasteiger charge is 2.09. The number of benzene rings is 1. The van der Waals surface area contributed by atoms with Crippen molar-refractivity contribution in [2.24, 2.45) is 0 Å². The van der Waals surface area contributed by atoms with E-state index in [0.29, 0.717) is 16.8 Å². The van der Waals surface area contributed by atoms with Crippen LogP contribution in [0.3, 0.4) is 0 Å². The molecule has 1 amide bonds. The summed E-state index contributed by atoms with van der Waals surface area (Å²) in [6, 6.07) is 5.89. The summed E-state index contributed by atoms with van der Waals surface area (Å²) in [6.45, 7) is 4.22. The van der Waals surface area contributed by atoms with E-state index in [4.69, 9.17) is 4.74 Å². The van der Waals surface area contributed by atoms with Crippen LogP contribution in [0.2, 0.25) is 0 Å². The summed E-state index contributed by atoms with van der Waals surface area (Å²) in [6.07, 6.45) is 1.64. The van der Waals surface area contributed by atoms with Gasteiger partial charge in [-0.1, -0.05) is 19.9 Å². The summed E-state index contributed by atoms with van der Waals surface area (Å²) >= 11 is 4.83. The Bertz CT molecular complexity index is 585. The second-order valence-electron chi connectivity index (χ2n) is 4.52. The molecular weight excluding hydrogens is 340 g/mol. The molecule has 20 heavy (non-hydrogen) atoms. The molecule has 0 spiro atoms. The highest BCUT2D eigenvalue weighted by atomic mass is 79.9. The fraction of sp³-hybridized carbons (Fsp3) is 0.286. The molecule has 1 aromatic heterocycles. The van der Waals surface area contributed by atoms with Crippen LogP contribution in [0.1, 0.15) is 25.3 Å². The van der Waals surface area contributed by atoms with E-state index in [0.717, 1.165) is 4.47 Å². The average Bonchev–Trinajstić information content (AvgIpc) is 2.90. The Hall–Kier alpha value is -1.40. The minimum Gasteiger partial charge on any atom is -0.483 e. The normalized spacial score (nSPS) is 10.6. The lowest BCUT2D eigenvalue weighted by atomic mass is 10.0. The molecule has 0 unspecified atom stereocenters. The van der Waals surface area contributed by atoms with E-state index in [-0.39, 0.29) is 12.5 Å². The van der Waals surface area contributed by atoms with Gasteiger partial charge in [-0.05, 0) is 39.5 Å². The summed E-state index contributed by atoms with van der Waals surface area (Å²) in [4.78, 5) is 15.7. The van der Waals surface area contributed by atoms with Crippen molar-refractivity contribution >= 4 is 38.3 Å². The van der Waals surface area contributed by atoms with Crippen molar-refractivity contribution in [3.8, 4) is 5.75 Å². The number of hydrogen-bond donors (Lipinski definition) is 1. The Balaban J connectivity index is 1.92. The quantitative estimate of drug-likeness (QED) is 0.881. The first-order valence-electron chi connectivity index (χ1n) is 6.18. The number of carbonyl (C=O) groups is 1. The number of nitrogens with one attached hydrogen (secondary N) is 1. The van der Waals surface area contributed by atoms with Gasteiger partial charge in [-0.15, -0.1) is 11.3 Å². The van der Waals surface area contributed by atoms with Crippen LogP contribution in [0, 0.1) is 0 Å². The number of aromatic nitrogens is 1. The second kappa shape index (κ2) is 6.85. The Kier molecular flexibility index (Phi) is 5.14. The number of anilines is 1. The van der Waals surface area contributed by atoms with Crippen LogP contribution in [0.5, 0.6) is 5.75 Å². The zero-order chi connectivity index (χ0) is 14.5. The lowest BCUT2D eigenvalue weighted by molar-refractivity contribution is -0.118. The number of nitrogens with zero attached hydrogens (tertiary/aromatic N) is 1. The van der Waals surface area contributed by atoms with Crippen LogP contribution in [0.15, 0.2) is 34.2 Å². The molecule has 106 valence electrons. The maximum absolute atomic E-state index is 11.7. The van der Waals surface area contributed by atoms with Gasteiger partial charge in [-0.2, -0.15) is 0 Å². The summed E-state index contributed by atoms with van der Waals surface area (Å²) in [5, 5.41) is 5.05. The van der Waals surface area contributed by atoms with Crippen LogP contribution in [-0.2, 0) is 4.79 Å². The summed E-state index contributed by atoms with van der Waals surface area (Å²) in [7, 11) is 0. The Labute approximate surface area is 130 Å². The first-order chi connectivity index (χ1) is 9.56. The Morgan fingerprint density at radius 3 is 2.90 bits per heavy atom. The number of hydrogen-bond acceptors (Lipinski definition) is 4. The van der Waals surface area contributed by atoms with Crippen molar-refractivity contribution in [3.05, 3.63) is 39.8 Å². The van der Waals surface area contributed by atoms with Crippen molar-refractivity contribution in [1.29, 1.82) is 0 Å². The van der Waals surface area contributed by atoms with Crippen LogP contribution in [-0.4, -0.2) is 17.5 Å². The monoisotopic (exact) mass is 354 g/mol. The van der Waals surface area contributed by atoms with Gasteiger partial charge in [0.25, 0.3) is 5.91 Å². The van der Waals surface area contributed by atoms with Gasteiger partial charge in [-0.3, -0.25) is 10.1 Å². The molecule has 0 fully saturated rings. The fourth-order valence-corrected chi connectivity index (χ4v) is 2.63. The topological polar surface area (TPSA) is 51.2 Å². The Morgan fingerprint density at radius 2 is 2.30 bits per heavy atom. The lowest BCUT2D eigenvalue weighted by Gasteiger charge is -2.11. The third-order valence-electron chi connectivity index (χ3n) is 2.66. The van der Waals surface area contributed by atoms with E-state index in [1.807, 2.05) is 18.2 Å². The standard InChI is InChI=1S/C14H15BrN2O2S/c1-9(2)10-3-4-12(11(15)7-10)19-8-13(18)17-14-16-5-6-20-14/h3-7,9H,8H2,1-2H3,(H,16,17,18). The molecule has 1 aromatic carbocycles. The molecule has 1 heterocycles. The van der Waals surface area contributed by atoms with Gasteiger partial charge in [0.1, 0.15) is 5.75 Å². The summed E-state index contributed by atoms with van der Waals surface area (Å²) in [5.41, 5.74) is 1.22. The highest BCUT2D eigenvalue weighted by molar-refractivity contribution is 9.10. The molecule has 0 atom stereocenters. The number of ether oxygens (including phenoxy) is 1. The van der Waals surface area contributed by atoms with E-state index in [9.17, 15) is 4.79 Å². The smallest absolute Gasteiger partial charge is 0.264 e. The SMILES string of the molecule is CC(C)c1ccc(OCC(=O)Nc2nccs2)c(Br)c1. The average molecular weight is 355 g/mol. The predicted molar refractivity (Wildman–Crippen MR) is 84.5 cm³/mol. The lowest BCUT2D eigenvalue weighted by Crippen LogP contribution is -2.20. The van der Waals surface area contributed by atoms with Crippen molar-refractivity contribution in [3.63, 3.8) is 0 Å². The fourth-order valence-electron chi connectivity index (χ4n) is 1.58. The molecule has 0 aliphatic carbocycles. The predicted octanol–water partition coefficient (Wildman–Crippen LogP) is 4.05. The minimum absolute atomic E-state index is 0.0425. The summed E-state index contributed by atoms with van der Waals surface area (Å²) < 4.78 is 6.35. The largest absolute Gasteiger partial charge is 0.483 e. The molecule has 6 heteroatoms. The molecule has 0 radical (unpaired) electrons. The van der Waals surface area contributed by atoms with Gasteiger partial charge in [0, 0.05) is 11.6 Å². The molecule has 2 aromatic rings. The molecule has 4 nitrogen and oxygen atoms in total. The van der Waals surface area contributed by atoms with Crippen LogP contribution in [0.25, 0.3) is 0 Å².